The maximum Gasteiger partial charge on any atom is 0.337 e. The van der Waals surface area contributed by atoms with E-state index in [-0.39, 0.29) is 0 Å². The van der Waals surface area contributed by atoms with Crippen LogP contribution >= 0.6 is 19.8 Å². The molecule has 0 radical (unpaired) electrons. The molecule has 2 N–H and O–H groups in total. The van der Waals surface area contributed by atoms with E-state index in [1.165, 1.54) is 12.2 Å². The fourth-order valence-corrected chi connectivity index (χ4v) is 2.10. The predicted molar refractivity (Wildman–Crippen MR) is 46.7 cm³/mol. The summed E-state index contributed by atoms with van der Waals surface area (Å²) in [6.07, 6.45) is 6.19. The molecule has 0 saturated carbocycles. The molecular weight excluding hydrogens is 183 g/mol. The number of hydrogen-bond donors (Lipinski definition) is 2. The van der Waals surface area contributed by atoms with Crippen molar-refractivity contribution in [1.29, 1.82) is 0 Å². The van der Waals surface area contributed by atoms with Crippen molar-refractivity contribution in [2.45, 2.75) is 5.66 Å². The molecule has 1 aliphatic rings. The molecule has 0 fully saturated rings. The zero-order chi connectivity index (χ0) is 8.48. The minimum absolute atomic E-state index is 0.292. The van der Waals surface area contributed by atoms with Crippen LogP contribution in [0.15, 0.2) is 24.3 Å². The molecule has 0 aromatic carbocycles. The molecule has 0 aromatic rings. The molecule has 1 aliphatic carbocycles. The third kappa shape index (κ3) is 2.07. The summed E-state index contributed by atoms with van der Waals surface area (Å²) in [5.41, 5.74) is -0.900. The number of hydrogen-bond acceptors (Lipinski definition) is 2. The highest BCUT2D eigenvalue weighted by molar-refractivity contribution is 7.82. The van der Waals surface area contributed by atoms with Crippen molar-refractivity contribution in [3.63, 3.8) is 0 Å². The lowest BCUT2D eigenvalue weighted by Crippen LogP contribution is -2.16. The lowest BCUT2D eigenvalue weighted by atomic mass is 10.2. The topological polar surface area (TPSA) is 57.5 Å². The van der Waals surface area contributed by atoms with E-state index < -0.39 is 13.3 Å². The average molecular weight is 190 g/mol. The number of rotatable bonds is 1. The second kappa shape index (κ2) is 2.99. The van der Waals surface area contributed by atoms with Gasteiger partial charge in [0.1, 0.15) is 5.66 Å². The van der Waals surface area contributed by atoms with Crippen molar-refractivity contribution in [3.8, 4) is 0 Å². The molecule has 0 bridgehead atoms. The highest BCUT2D eigenvalue weighted by Gasteiger charge is 2.29. The number of allylic oxidation sites excluding steroid dienone is 4. The molecule has 5 heteroatoms. The fourth-order valence-electron chi connectivity index (χ4n) is 0.791. The van der Waals surface area contributed by atoms with Crippen LogP contribution in [-0.2, 0) is 4.57 Å². The summed E-state index contributed by atoms with van der Waals surface area (Å²) in [5, 5.41) is 0. The first-order valence-corrected chi connectivity index (χ1v) is 5.05. The first kappa shape index (κ1) is 8.81. The third-order valence-electron chi connectivity index (χ3n) is 1.32. The van der Waals surface area contributed by atoms with Crippen LogP contribution in [0.4, 0.5) is 0 Å². The van der Waals surface area contributed by atoms with Crippen LogP contribution in [0.5, 0.6) is 0 Å². The summed E-state index contributed by atoms with van der Waals surface area (Å²) in [5.74, 6) is 0. The largest absolute Gasteiger partial charge is 0.337 e. The van der Waals surface area contributed by atoms with Crippen molar-refractivity contribution < 1.29 is 14.4 Å². The molecule has 0 amide bonds. The van der Waals surface area contributed by atoms with Crippen molar-refractivity contribution in [2.75, 3.05) is 0 Å². The summed E-state index contributed by atoms with van der Waals surface area (Å²) < 4.78 is 10.7. The summed E-state index contributed by atoms with van der Waals surface area (Å²) in [4.78, 5) is 17.8. The Morgan fingerprint density at radius 1 is 1.45 bits per heavy atom. The van der Waals surface area contributed by atoms with Crippen molar-refractivity contribution in [1.82, 2.24) is 0 Å². The second-order valence-electron chi connectivity index (χ2n) is 2.18. The normalized spacial score (nSPS) is 24.2. The average Bonchev–Trinajstić information content (AvgIpc) is 1.86. The standard InChI is InChI=1S/C6H7O3PS/c7-10(8,9)5-3-1-2-4-6(5)11/h1-5H,(H2,7,8,9). The van der Waals surface area contributed by atoms with Gasteiger partial charge < -0.3 is 9.79 Å². The van der Waals surface area contributed by atoms with E-state index in [4.69, 9.17) is 22.0 Å². The minimum Gasteiger partial charge on any atom is -0.324 e. The van der Waals surface area contributed by atoms with Gasteiger partial charge in [0, 0.05) is 4.86 Å². The van der Waals surface area contributed by atoms with Gasteiger partial charge in [-0.05, 0) is 6.08 Å². The Balaban J connectivity index is 2.91. The lowest BCUT2D eigenvalue weighted by molar-refractivity contribution is 0.372. The summed E-state index contributed by atoms with van der Waals surface area (Å²) in [7, 11) is -4.08. The van der Waals surface area contributed by atoms with Crippen LogP contribution in [0, 0.1) is 0 Å². The Labute approximate surface area is 69.6 Å². The van der Waals surface area contributed by atoms with Crippen LogP contribution in [-0.4, -0.2) is 20.3 Å². The van der Waals surface area contributed by atoms with E-state index in [9.17, 15) is 4.57 Å². The van der Waals surface area contributed by atoms with Crippen LogP contribution < -0.4 is 0 Å². The first-order chi connectivity index (χ1) is 5.02. The van der Waals surface area contributed by atoms with Crippen LogP contribution in [0.1, 0.15) is 0 Å². The van der Waals surface area contributed by atoms with Crippen LogP contribution in [0.3, 0.4) is 0 Å². The van der Waals surface area contributed by atoms with Crippen molar-refractivity contribution in [3.05, 3.63) is 24.3 Å². The number of thiocarbonyl (C=S) groups is 1. The third-order valence-corrected chi connectivity index (χ3v) is 3.06. The van der Waals surface area contributed by atoms with Crippen molar-refractivity contribution >= 4 is 24.7 Å². The quantitative estimate of drug-likeness (QED) is 0.479. The van der Waals surface area contributed by atoms with Gasteiger partial charge in [-0.3, -0.25) is 4.57 Å². The van der Waals surface area contributed by atoms with Crippen LogP contribution in [0.25, 0.3) is 0 Å². The van der Waals surface area contributed by atoms with E-state index in [1.54, 1.807) is 12.2 Å². The molecule has 0 aliphatic heterocycles. The lowest BCUT2D eigenvalue weighted by Gasteiger charge is -2.14. The van der Waals surface area contributed by atoms with Crippen molar-refractivity contribution in [2.24, 2.45) is 0 Å². The van der Waals surface area contributed by atoms with E-state index in [1.807, 2.05) is 0 Å². The van der Waals surface area contributed by atoms with Gasteiger partial charge in [0.25, 0.3) is 0 Å². The molecule has 0 spiro atoms. The monoisotopic (exact) mass is 190 g/mol. The second-order valence-corrected chi connectivity index (χ2v) is 4.39. The molecule has 1 rings (SSSR count). The smallest absolute Gasteiger partial charge is 0.324 e. The van der Waals surface area contributed by atoms with E-state index in [0.717, 1.165) is 0 Å². The Kier molecular flexibility index (Phi) is 2.40. The Bertz CT molecular complexity index is 276. The first-order valence-electron chi connectivity index (χ1n) is 2.96. The predicted octanol–water partition coefficient (Wildman–Crippen LogP) is 1.03. The van der Waals surface area contributed by atoms with Gasteiger partial charge in [-0.2, -0.15) is 0 Å². The molecule has 60 valence electrons. The molecule has 11 heavy (non-hydrogen) atoms. The summed E-state index contributed by atoms with van der Waals surface area (Å²) >= 11 is 4.74. The Hall–Kier alpha value is -0.280. The maximum atomic E-state index is 10.7. The molecule has 3 nitrogen and oxygen atoms in total. The molecule has 0 saturated heterocycles. The van der Waals surface area contributed by atoms with Gasteiger partial charge >= 0.3 is 7.60 Å². The van der Waals surface area contributed by atoms with Crippen LogP contribution in [0.2, 0.25) is 0 Å². The Morgan fingerprint density at radius 2 is 2.09 bits per heavy atom. The van der Waals surface area contributed by atoms with Gasteiger partial charge in [0.2, 0.25) is 0 Å². The van der Waals surface area contributed by atoms with Gasteiger partial charge in [-0.25, -0.2) is 0 Å². The van der Waals surface area contributed by atoms with E-state index in [2.05, 4.69) is 0 Å². The van der Waals surface area contributed by atoms with E-state index in [0.29, 0.717) is 4.86 Å². The SMILES string of the molecule is O=P(O)(O)C1C=CC=CC1=S. The molecule has 0 aromatic heterocycles. The maximum absolute atomic E-state index is 10.7. The molecule has 0 heterocycles. The highest BCUT2D eigenvalue weighted by Crippen LogP contribution is 2.43. The zero-order valence-electron chi connectivity index (χ0n) is 5.54. The van der Waals surface area contributed by atoms with Gasteiger partial charge in [0.05, 0.1) is 0 Å². The minimum atomic E-state index is -4.08. The molecule has 1 unspecified atom stereocenters. The van der Waals surface area contributed by atoms with E-state index >= 15 is 0 Å². The van der Waals surface area contributed by atoms with Gasteiger partial charge in [-0.1, -0.05) is 30.4 Å². The fraction of sp³-hybridized carbons (Fsp3) is 0.167. The summed E-state index contributed by atoms with van der Waals surface area (Å²) in [6.45, 7) is 0. The Morgan fingerprint density at radius 3 is 2.45 bits per heavy atom. The molecular formula is C6H7O3PS. The summed E-state index contributed by atoms with van der Waals surface area (Å²) in [6, 6.07) is 0. The molecule has 1 atom stereocenters. The highest BCUT2D eigenvalue weighted by atomic mass is 32.1. The zero-order valence-corrected chi connectivity index (χ0v) is 7.26. The van der Waals surface area contributed by atoms with Gasteiger partial charge in [0.15, 0.2) is 0 Å². The van der Waals surface area contributed by atoms with Gasteiger partial charge in [-0.15, -0.1) is 0 Å².